The van der Waals surface area contributed by atoms with Crippen LogP contribution in [0.25, 0.3) is 0 Å². The lowest BCUT2D eigenvalue weighted by atomic mass is 10.0. The van der Waals surface area contributed by atoms with Gasteiger partial charge in [-0.05, 0) is 47.9 Å². The largest absolute Gasteiger partial charge is 0.397 e. The quantitative estimate of drug-likeness (QED) is 0.762. The minimum Gasteiger partial charge on any atom is -0.397 e. The highest BCUT2D eigenvalue weighted by Crippen LogP contribution is 2.63. The summed E-state index contributed by atoms with van der Waals surface area (Å²) in [5, 5.41) is 3.61. The standard InChI is InChI=1S/C15H24N2/c1-9-7-11(16)12(8-10(9)2)17-13-14(3,4)15(13,5)6/h7-8,13,17H,16H2,1-6H3. The molecule has 0 atom stereocenters. The fourth-order valence-electron chi connectivity index (χ4n) is 2.68. The molecule has 1 aliphatic carbocycles. The van der Waals surface area contributed by atoms with Crippen LogP contribution in [0, 0.1) is 24.7 Å². The average molecular weight is 232 g/mol. The van der Waals surface area contributed by atoms with Crippen LogP contribution < -0.4 is 11.1 Å². The summed E-state index contributed by atoms with van der Waals surface area (Å²) in [6.45, 7) is 13.5. The van der Waals surface area contributed by atoms with Crippen LogP contribution in [0.3, 0.4) is 0 Å². The van der Waals surface area contributed by atoms with Gasteiger partial charge in [-0.2, -0.15) is 0 Å². The van der Waals surface area contributed by atoms with Crippen molar-refractivity contribution < 1.29 is 0 Å². The van der Waals surface area contributed by atoms with E-state index in [1.165, 1.54) is 11.1 Å². The van der Waals surface area contributed by atoms with Gasteiger partial charge in [0.15, 0.2) is 0 Å². The van der Waals surface area contributed by atoms with E-state index in [9.17, 15) is 0 Å². The first-order valence-electron chi connectivity index (χ1n) is 6.31. The van der Waals surface area contributed by atoms with Crippen LogP contribution in [0.4, 0.5) is 11.4 Å². The molecule has 2 nitrogen and oxygen atoms in total. The van der Waals surface area contributed by atoms with Crippen molar-refractivity contribution in [2.24, 2.45) is 10.8 Å². The van der Waals surface area contributed by atoms with Gasteiger partial charge in [0.1, 0.15) is 0 Å². The molecule has 1 saturated carbocycles. The van der Waals surface area contributed by atoms with E-state index in [-0.39, 0.29) is 0 Å². The van der Waals surface area contributed by atoms with E-state index in [0.717, 1.165) is 11.4 Å². The molecule has 0 bridgehead atoms. The van der Waals surface area contributed by atoms with Crippen molar-refractivity contribution in [3.8, 4) is 0 Å². The van der Waals surface area contributed by atoms with Crippen molar-refractivity contribution in [1.82, 2.24) is 0 Å². The zero-order chi connectivity index (χ0) is 13.0. The minimum atomic E-state index is 0.332. The summed E-state index contributed by atoms with van der Waals surface area (Å²) in [4.78, 5) is 0. The van der Waals surface area contributed by atoms with Crippen molar-refractivity contribution >= 4 is 11.4 Å². The Morgan fingerprint density at radius 1 is 1.00 bits per heavy atom. The number of nitrogen functional groups attached to an aromatic ring is 1. The normalized spacial score (nSPS) is 21.3. The van der Waals surface area contributed by atoms with E-state index < -0.39 is 0 Å². The van der Waals surface area contributed by atoms with Gasteiger partial charge in [-0.1, -0.05) is 27.7 Å². The van der Waals surface area contributed by atoms with Gasteiger partial charge in [0.25, 0.3) is 0 Å². The molecular weight excluding hydrogens is 208 g/mol. The second-order valence-electron chi connectivity index (χ2n) is 6.54. The molecule has 0 unspecified atom stereocenters. The maximum Gasteiger partial charge on any atom is 0.0579 e. The second kappa shape index (κ2) is 3.41. The van der Waals surface area contributed by atoms with Crippen LogP contribution in [0.2, 0.25) is 0 Å². The van der Waals surface area contributed by atoms with Gasteiger partial charge >= 0.3 is 0 Å². The van der Waals surface area contributed by atoms with E-state index in [1.807, 2.05) is 0 Å². The molecule has 0 aromatic heterocycles. The molecule has 0 saturated heterocycles. The predicted octanol–water partition coefficient (Wildman–Crippen LogP) is 3.73. The molecule has 0 aliphatic heterocycles. The third-order valence-corrected chi connectivity index (χ3v) is 4.99. The molecule has 0 spiro atoms. The molecule has 1 aromatic rings. The third-order valence-electron chi connectivity index (χ3n) is 4.99. The number of nitrogens with one attached hydrogen (secondary N) is 1. The van der Waals surface area contributed by atoms with Crippen LogP contribution in [-0.4, -0.2) is 6.04 Å². The molecule has 1 aromatic carbocycles. The Morgan fingerprint density at radius 3 is 1.94 bits per heavy atom. The highest BCUT2D eigenvalue weighted by molar-refractivity contribution is 5.69. The summed E-state index contributed by atoms with van der Waals surface area (Å²) in [6.07, 6.45) is 0. The number of nitrogens with two attached hydrogens (primary N) is 1. The number of benzene rings is 1. The molecular formula is C15H24N2. The summed E-state index contributed by atoms with van der Waals surface area (Å²) in [5.41, 5.74) is 11.2. The van der Waals surface area contributed by atoms with Crippen LogP contribution in [0.1, 0.15) is 38.8 Å². The van der Waals surface area contributed by atoms with Gasteiger partial charge in [-0.3, -0.25) is 0 Å². The Bertz CT molecular complexity index is 444. The van der Waals surface area contributed by atoms with Gasteiger partial charge in [0, 0.05) is 6.04 Å². The first-order valence-corrected chi connectivity index (χ1v) is 6.31. The van der Waals surface area contributed by atoms with E-state index >= 15 is 0 Å². The molecule has 94 valence electrons. The molecule has 2 rings (SSSR count). The maximum atomic E-state index is 6.08. The Hall–Kier alpha value is -1.18. The van der Waals surface area contributed by atoms with Gasteiger partial charge in [-0.15, -0.1) is 0 Å². The predicted molar refractivity (Wildman–Crippen MR) is 75.3 cm³/mol. The second-order valence-corrected chi connectivity index (χ2v) is 6.54. The first-order chi connectivity index (χ1) is 7.68. The fourth-order valence-corrected chi connectivity index (χ4v) is 2.68. The van der Waals surface area contributed by atoms with Gasteiger partial charge in [0.05, 0.1) is 11.4 Å². The number of aryl methyl sites for hydroxylation is 2. The SMILES string of the molecule is Cc1cc(N)c(NC2C(C)(C)C2(C)C)cc1C. The summed E-state index contributed by atoms with van der Waals surface area (Å²) >= 11 is 0. The van der Waals surface area contributed by atoms with Crippen molar-refractivity contribution in [2.45, 2.75) is 47.6 Å². The van der Waals surface area contributed by atoms with Crippen LogP contribution >= 0.6 is 0 Å². The zero-order valence-electron chi connectivity index (χ0n) is 11.8. The van der Waals surface area contributed by atoms with Crippen molar-refractivity contribution in [3.63, 3.8) is 0 Å². The fraction of sp³-hybridized carbons (Fsp3) is 0.600. The van der Waals surface area contributed by atoms with E-state index in [2.05, 4.69) is 59.0 Å². The molecule has 2 heteroatoms. The maximum absolute atomic E-state index is 6.08. The first kappa shape index (κ1) is 12.3. The van der Waals surface area contributed by atoms with Gasteiger partial charge in [0.2, 0.25) is 0 Å². The van der Waals surface area contributed by atoms with Crippen LogP contribution in [-0.2, 0) is 0 Å². The number of hydrogen-bond acceptors (Lipinski definition) is 2. The van der Waals surface area contributed by atoms with E-state index in [0.29, 0.717) is 16.9 Å². The van der Waals surface area contributed by atoms with Crippen molar-refractivity contribution in [1.29, 1.82) is 0 Å². The average Bonchev–Trinajstić information content (AvgIpc) is 2.57. The Morgan fingerprint density at radius 2 is 1.47 bits per heavy atom. The number of rotatable bonds is 2. The lowest BCUT2D eigenvalue weighted by Crippen LogP contribution is -2.12. The van der Waals surface area contributed by atoms with Crippen LogP contribution in [0.5, 0.6) is 0 Å². The van der Waals surface area contributed by atoms with E-state index in [1.54, 1.807) is 0 Å². The Kier molecular flexibility index (Phi) is 2.46. The summed E-state index contributed by atoms with van der Waals surface area (Å²) in [6, 6.07) is 4.72. The topological polar surface area (TPSA) is 38.0 Å². The molecule has 17 heavy (non-hydrogen) atoms. The monoisotopic (exact) mass is 232 g/mol. The summed E-state index contributed by atoms with van der Waals surface area (Å²) < 4.78 is 0. The smallest absolute Gasteiger partial charge is 0.0579 e. The number of hydrogen-bond donors (Lipinski definition) is 2. The van der Waals surface area contributed by atoms with Gasteiger partial charge < -0.3 is 11.1 Å². The molecule has 0 radical (unpaired) electrons. The molecule has 1 aliphatic rings. The Balaban J connectivity index is 2.25. The molecule has 1 fully saturated rings. The van der Waals surface area contributed by atoms with Crippen molar-refractivity contribution in [2.75, 3.05) is 11.1 Å². The molecule has 0 amide bonds. The van der Waals surface area contributed by atoms with Gasteiger partial charge in [-0.25, -0.2) is 0 Å². The molecule has 3 N–H and O–H groups in total. The lowest BCUT2D eigenvalue weighted by molar-refractivity contribution is 0.457. The van der Waals surface area contributed by atoms with Crippen molar-refractivity contribution in [3.05, 3.63) is 23.3 Å². The highest BCUT2D eigenvalue weighted by atomic mass is 15.1. The van der Waals surface area contributed by atoms with Crippen LogP contribution in [0.15, 0.2) is 12.1 Å². The highest BCUT2D eigenvalue weighted by Gasteiger charge is 2.64. The minimum absolute atomic E-state index is 0.332. The zero-order valence-corrected chi connectivity index (χ0v) is 11.8. The van der Waals surface area contributed by atoms with E-state index in [4.69, 9.17) is 5.73 Å². The third kappa shape index (κ3) is 1.70. The summed E-state index contributed by atoms with van der Waals surface area (Å²) in [5.74, 6) is 0. The molecule has 0 heterocycles. The lowest BCUT2D eigenvalue weighted by Gasteiger charge is -2.13. The Labute approximate surface area is 105 Å². The number of anilines is 2. The summed E-state index contributed by atoms with van der Waals surface area (Å²) in [7, 11) is 0.